The second-order valence-electron chi connectivity index (χ2n) is 15.9. The second kappa shape index (κ2) is 10.1. The number of carbonyl (C=O) groups is 4. The summed E-state index contributed by atoms with van der Waals surface area (Å²) < 4.78 is 40.8. The fraction of sp³-hybridized carbons (Fsp3) is 0.844. The van der Waals surface area contributed by atoms with E-state index in [1.165, 1.54) is 4.90 Å². The summed E-state index contributed by atoms with van der Waals surface area (Å²) in [6, 6.07) is -1.15. The van der Waals surface area contributed by atoms with Gasteiger partial charge in [0.25, 0.3) is 0 Å². The number of hydrogen-bond acceptors (Lipinski definition) is 5. The summed E-state index contributed by atoms with van der Waals surface area (Å²) in [5, 5.41) is 17.9. The molecule has 2 unspecified atom stereocenters. The molecule has 6 bridgehead atoms. The van der Waals surface area contributed by atoms with Crippen LogP contribution < -0.4 is 16.0 Å². The van der Waals surface area contributed by atoms with Crippen molar-refractivity contribution in [1.82, 2.24) is 20.9 Å². The van der Waals surface area contributed by atoms with Crippen LogP contribution in [0.25, 0.3) is 0 Å². The lowest BCUT2D eigenvalue weighted by Crippen LogP contribution is -2.65. The number of halogens is 3. The van der Waals surface area contributed by atoms with Gasteiger partial charge in [-0.25, -0.2) is 0 Å². The summed E-state index contributed by atoms with van der Waals surface area (Å²) in [4.78, 5) is 54.9. The van der Waals surface area contributed by atoms with E-state index in [0.29, 0.717) is 49.5 Å². The molecule has 0 aromatic carbocycles. The Morgan fingerprint density at radius 2 is 1.64 bits per heavy atom. The molecule has 44 heavy (non-hydrogen) atoms. The number of amides is 4. The van der Waals surface area contributed by atoms with Gasteiger partial charge in [-0.3, -0.25) is 19.2 Å². The van der Waals surface area contributed by atoms with Gasteiger partial charge < -0.3 is 20.9 Å². The summed E-state index contributed by atoms with van der Waals surface area (Å²) in [5.74, 6) is -2.38. The molecule has 3 heterocycles. The van der Waals surface area contributed by atoms with Crippen LogP contribution in [0.2, 0.25) is 0 Å². The number of carbonyl (C=O) groups excluding carboxylic acids is 4. The van der Waals surface area contributed by atoms with Gasteiger partial charge in [-0.1, -0.05) is 13.8 Å². The number of nitrogens with zero attached hydrogens (tertiary/aromatic N) is 2. The molecule has 9 aliphatic rings. The molecule has 6 saturated carbocycles. The summed E-state index contributed by atoms with van der Waals surface area (Å²) in [6.45, 7) is 4.86. The molecular formula is C32H42F3N5O4. The highest BCUT2D eigenvalue weighted by Crippen LogP contribution is 2.66. The van der Waals surface area contributed by atoms with Gasteiger partial charge in [0.2, 0.25) is 17.7 Å². The zero-order chi connectivity index (χ0) is 31.3. The SMILES string of the molecule is CC1(C)[C@@H]2[C@@H](C(=O)N[C@H](C#N)CC3C(=O)NCC4CC3C4)N(C(=O)C(NC(=O)C(F)(F)F)C34CC5CC(CC(C5)C3)C4)C[C@@H]21. The molecule has 0 aromatic rings. The number of alkyl halides is 3. The minimum atomic E-state index is -5.14. The average Bonchev–Trinajstić information content (AvgIpc) is 3.30. The van der Waals surface area contributed by atoms with Gasteiger partial charge in [-0.05, 0) is 105 Å². The van der Waals surface area contributed by atoms with Crippen molar-refractivity contribution in [2.24, 2.45) is 58.2 Å². The minimum absolute atomic E-state index is 0.0161. The fourth-order valence-electron chi connectivity index (χ4n) is 11.0. The van der Waals surface area contributed by atoms with Crippen LogP contribution in [0.1, 0.15) is 71.6 Å². The molecule has 6 aliphatic carbocycles. The Labute approximate surface area is 255 Å². The van der Waals surface area contributed by atoms with Crippen molar-refractivity contribution < 1.29 is 32.3 Å². The van der Waals surface area contributed by atoms with Gasteiger partial charge in [-0.2, -0.15) is 18.4 Å². The van der Waals surface area contributed by atoms with E-state index in [0.717, 1.165) is 32.1 Å². The predicted molar refractivity (Wildman–Crippen MR) is 150 cm³/mol. The second-order valence-corrected chi connectivity index (χ2v) is 15.9. The number of nitrogens with one attached hydrogen (secondary N) is 3. The third-order valence-electron chi connectivity index (χ3n) is 12.9. The van der Waals surface area contributed by atoms with E-state index in [2.05, 4.69) is 22.0 Å². The van der Waals surface area contributed by atoms with Crippen LogP contribution in [0.5, 0.6) is 0 Å². The normalized spacial score (nSPS) is 42.1. The molecule has 3 saturated heterocycles. The van der Waals surface area contributed by atoms with Crippen LogP contribution in [-0.2, 0) is 19.2 Å². The monoisotopic (exact) mass is 617 g/mol. The number of likely N-dealkylation sites (tertiary alicyclic amines) is 1. The lowest BCUT2D eigenvalue weighted by Gasteiger charge is -2.59. The highest BCUT2D eigenvalue weighted by molar-refractivity contribution is 5.95. The first-order chi connectivity index (χ1) is 20.7. The Balaban J connectivity index is 1.14. The van der Waals surface area contributed by atoms with Crippen LogP contribution in [0, 0.1) is 69.5 Å². The van der Waals surface area contributed by atoms with Crippen molar-refractivity contribution in [3.8, 4) is 6.07 Å². The molecule has 3 aliphatic heterocycles. The Morgan fingerprint density at radius 3 is 2.20 bits per heavy atom. The molecule has 9 nitrogen and oxygen atoms in total. The van der Waals surface area contributed by atoms with Gasteiger partial charge >= 0.3 is 12.1 Å². The lowest BCUT2D eigenvalue weighted by molar-refractivity contribution is -0.179. The van der Waals surface area contributed by atoms with Crippen molar-refractivity contribution in [3.05, 3.63) is 0 Å². The van der Waals surface area contributed by atoms with Gasteiger partial charge in [0, 0.05) is 24.4 Å². The van der Waals surface area contributed by atoms with Crippen molar-refractivity contribution >= 4 is 23.6 Å². The van der Waals surface area contributed by atoms with E-state index in [-0.39, 0.29) is 48.0 Å². The van der Waals surface area contributed by atoms with Gasteiger partial charge in [-0.15, -0.1) is 0 Å². The third kappa shape index (κ3) is 4.79. The Hall–Kier alpha value is -2.84. The molecular weight excluding hydrogens is 575 g/mol. The van der Waals surface area contributed by atoms with Crippen molar-refractivity contribution in [2.45, 2.75) is 95.9 Å². The first-order valence-corrected chi connectivity index (χ1v) is 16.4. The predicted octanol–water partition coefficient (Wildman–Crippen LogP) is 2.90. The van der Waals surface area contributed by atoms with Crippen LogP contribution in [-0.4, -0.2) is 65.9 Å². The maximum Gasteiger partial charge on any atom is 0.471 e. The number of nitriles is 1. The molecule has 9 fully saturated rings. The molecule has 0 spiro atoms. The van der Waals surface area contributed by atoms with Crippen LogP contribution in [0.15, 0.2) is 0 Å². The lowest BCUT2D eigenvalue weighted by atomic mass is 9.47. The Morgan fingerprint density at radius 1 is 1.02 bits per heavy atom. The highest BCUT2D eigenvalue weighted by atomic mass is 19.4. The van der Waals surface area contributed by atoms with Gasteiger partial charge in [0.05, 0.1) is 6.07 Å². The maximum absolute atomic E-state index is 14.5. The molecule has 0 aromatic heterocycles. The molecule has 240 valence electrons. The number of piperidine rings is 1. The summed E-state index contributed by atoms with van der Waals surface area (Å²) >= 11 is 0. The summed E-state index contributed by atoms with van der Waals surface area (Å²) in [7, 11) is 0. The zero-order valence-corrected chi connectivity index (χ0v) is 25.3. The molecule has 9 rings (SSSR count). The van der Waals surface area contributed by atoms with Crippen LogP contribution in [0.4, 0.5) is 13.2 Å². The topological polar surface area (TPSA) is 131 Å². The van der Waals surface area contributed by atoms with Gasteiger partial charge in [0.1, 0.15) is 18.1 Å². The maximum atomic E-state index is 14.5. The zero-order valence-electron chi connectivity index (χ0n) is 25.3. The van der Waals surface area contributed by atoms with E-state index in [1.54, 1.807) is 0 Å². The molecule has 3 N–H and O–H groups in total. The number of rotatable bonds is 7. The first kappa shape index (κ1) is 29.8. The quantitative estimate of drug-likeness (QED) is 0.405. The fourth-order valence-corrected chi connectivity index (χ4v) is 11.0. The first-order valence-electron chi connectivity index (χ1n) is 16.4. The molecule has 6 atom stereocenters. The van der Waals surface area contributed by atoms with Crippen LogP contribution >= 0.6 is 0 Å². The van der Waals surface area contributed by atoms with Crippen molar-refractivity contribution in [2.75, 3.05) is 13.1 Å². The molecule has 12 heteroatoms. The van der Waals surface area contributed by atoms with E-state index < -0.39 is 47.4 Å². The Kier molecular flexibility index (Phi) is 6.84. The van der Waals surface area contributed by atoms with Crippen LogP contribution in [0.3, 0.4) is 0 Å². The van der Waals surface area contributed by atoms with Crippen molar-refractivity contribution in [1.29, 1.82) is 5.26 Å². The minimum Gasteiger partial charge on any atom is -0.356 e. The standard InChI is InChI=1S/C32H42F3N5O4/c1-30(2)22-14-40(24(23(22)30)27(42)38-20(12-36)8-21-19-6-18(7-19)13-37-26(21)41)28(43)25(39-29(44)32(33,34)35)31-9-15-3-16(10-31)5-17(4-15)11-31/h15-25H,3-11,13-14H2,1-2H3,(H,37,41)(H,38,42)(H,39,44)/t15?,16?,17?,18?,19?,20-,21?,22-,23-,24-,25?,31?/m0/s1. The van der Waals surface area contributed by atoms with E-state index in [4.69, 9.17) is 0 Å². The molecule has 0 radical (unpaired) electrons. The molecule has 4 amide bonds. The summed E-state index contributed by atoms with van der Waals surface area (Å²) in [6.07, 6.45) is 1.67. The smallest absolute Gasteiger partial charge is 0.356 e. The van der Waals surface area contributed by atoms with Crippen molar-refractivity contribution in [3.63, 3.8) is 0 Å². The Bertz CT molecular complexity index is 1270. The summed E-state index contributed by atoms with van der Waals surface area (Å²) in [5.41, 5.74) is -1.02. The number of hydrogen-bond donors (Lipinski definition) is 3. The van der Waals surface area contributed by atoms with E-state index >= 15 is 0 Å². The largest absolute Gasteiger partial charge is 0.471 e. The van der Waals surface area contributed by atoms with E-state index in [9.17, 15) is 37.6 Å². The van der Waals surface area contributed by atoms with Gasteiger partial charge in [0.15, 0.2) is 0 Å². The van der Waals surface area contributed by atoms with E-state index in [1.807, 2.05) is 13.8 Å². The average molecular weight is 618 g/mol. The number of fused-ring (bicyclic) bond motifs is 4. The third-order valence-corrected chi connectivity index (χ3v) is 12.9. The highest BCUT2D eigenvalue weighted by Gasteiger charge is 2.70.